The molecule has 6 heteroatoms. The average Bonchev–Trinajstić information content (AvgIpc) is 3.16. The van der Waals surface area contributed by atoms with Gasteiger partial charge in [0.05, 0.1) is 26.1 Å². The first-order chi connectivity index (χ1) is 11.7. The monoisotopic (exact) mass is 327 g/mol. The second-order valence-electron chi connectivity index (χ2n) is 5.62. The zero-order valence-corrected chi connectivity index (χ0v) is 13.9. The van der Waals surface area contributed by atoms with Crippen LogP contribution in [0.15, 0.2) is 36.5 Å². The fourth-order valence-corrected chi connectivity index (χ4v) is 2.77. The minimum Gasteiger partial charge on any atom is -0.493 e. The third-order valence-corrected chi connectivity index (χ3v) is 4.08. The van der Waals surface area contributed by atoms with E-state index < -0.39 is 0 Å². The number of rotatable bonds is 5. The van der Waals surface area contributed by atoms with Gasteiger partial charge in [0.25, 0.3) is 5.91 Å². The minimum atomic E-state index is -0.216. The largest absolute Gasteiger partial charge is 0.493 e. The van der Waals surface area contributed by atoms with E-state index in [0.29, 0.717) is 22.7 Å². The van der Waals surface area contributed by atoms with Crippen molar-refractivity contribution in [3.05, 3.63) is 42.1 Å². The van der Waals surface area contributed by atoms with Gasteiger partial charge in [0, 0.05) is 18.7 Å². The first-order valence-electron chi connectivity index (χ1n) is 7.95. The Kier molecular flexibility index (Phi) is 4.84. The number of aromatic nitrogens is 1. The minimum absolute atomic E-state index is 0.216. The normalized spacial score (nSPS) is 13.7. The lowest BCUT2D eigenvalue weighted by atomic mass is 10.2. The van der Waals surface area contributed by atoms with Crippen LogP contribution in [0.4, 0.5) is 11.5 Å². The summed E-state index contributed by atoms with van der Waals surface area (Å²) < 4.78 is 10.4. The number of benzene rings is 1. The third-order valence-electron chi connectivity index (χ3n) is 4.08. The van der Waals surface area contributed by atoms with Crippen molar-refractivity contribution < 1.29 is 14.3 Å². The Morgan fingerprint density at radius 2 is 1.83 bits per heavy atom. The molecule has 3 rings (SSSR count). The maximum absolute atomic E-state index is 12.4. The Hall–Kier alpha value is -2.76. The molecule has 0 aliphatic carbocycles. The van der Waals surface area contributed by atoms with Crippen LogP contribution in [0, 0.1) is 0 Å². The molecule has 2 heterocycles. The molecule has 0 bridgehead atoms. The molecular weight excluding hydrogens is 306 g/mol. The molecule has 0 saturated carbocycles. The lowest BCUT2D eigenvalue weighted by molar-refractivity contribution is 0.102. The van der Waals surface area contributed by atoms with Gasteiger partial charge in [0.2, 0.25) is 0 Å². The number of nitrogens with zero attached hydrogens (tertiary/aromatic N) is 2. The number of anilines is 2. The summed E-state index contributed by atoms with van der Waals surface area (Å²) in [5, 5.41) is 2.85. The predicted molar refractivity (Wildman–Crippen MR) is 93.2 cm³/mol. The first kappa shape index (κ1) is 16.1. The number of nitrogens with one attached hydrogen (secondary N) is 1. The van der Waals surface area contributed by atoms with Crippen molar-refractivity contribution in [2.45, 2.75) is 12.8 Å². The van der Waals surface area contributed by atoms with Gasteiger partial charge in [-0.15, -0.1) is 0 Å². The molecule has 1 aliphatic rings. The summed E-state index contributed by atoms with van der Waals surface area (Å²) in [4.78, 5) is 19.1. The van der Waals surface area contributed by atoms with Crippen LogP contribution in [-0.2, 0) is 0 Å². The SMILES string of the molecule is COc1ccc(C(=O)Nc2ccc(N3CCCC3)nc2)cc1OC. The van der Waals surface area contributed by atoms with Crippen molar-refractivity contribution in [1.29, 1.82) is 0 Å². The number of carbonyl (C=O) groups excluding carboxylic acids is 1. The molecule has 2 aromatic rings. The molecule has 0 spiro atoms. The fraction of sp³-hybridized carbons (Fsp3) is 0.333. The van der Waals surface area contributed by atoms with E-state index in [-0.39, 0.29) is 5.91 Å². The standard InChI is InChI=1S/C18H21N3O3/c1-23-15-7-5-13(11-16(15)24-2)18(22)20-14-6-8-17(19-12-14)21-9-3-4-10-21/h5-8,11-12H,3-4,9-10H2,1-2H3,(H,20,22). The molecule has 1 fully saturated rings. The molecule has 1 N–H and O–H groups in total. The Bertz CT molecular complexity index is 710. The second-order valence-corrected chi connectivity index (χ2v) is 5.62. The predicted octanol–water partition coefficient (Wildman–Crippen LogP) is 2.95. The van der Waals surface area contributed by atoms with E-state index in [1.54, 1.807) is 38.6 Å². The Morgan fingerprint density at radius 3 is 2.46 bits per heavy atom. The van der Waals surface area contributed by atoms with Gasteiger partial charge < -0.3 is 19.7 Å². The number of hydrogen-bond acceptors (Lipinski definition) is 5. The van der Waals surface area contributed by atoms with E-state index in [0.717, 1.165) is 18.9 Å². The summed E-state index contributed by atoms with van der Waals surface area (Å²) in [5.41, 5.74) is 1.16. The number of hydrogen-bond donors (Lipinski definition) is 1. The van der Waals surface area contributed by atoms with Crippen molar-refractivity contribution in [1.82, 2.24) is 4.98 Å². The van der Waals surface area contributed by atoms with E-state index in [2.05, 4.69) is 15.2 Å². The number of methoxy groups -OCH3 is 2. The summed E-state index contributed by atoms with van der Waals surface area (Å²) >= 11 is 0. The highest BCUT2D eigenvalue weighted by molar-refractivity contribution is 6.04. The first-order valence-corrected chi connectivity index (χ1v) is 7.95. The third kappa shape index (κ3) is 3.42. The molecule has 1 aromatic carbocycles. The summed E-state index contributed by atoms with van der Waals surface area (Å²) in [7, 11) is 3.10. The summed E-state index contributed by atoms with van der Waals surface area (Å²) in [6, 6.07) is 8.88. The van der Waals surface area contributed by atoms with Crippen LogP contribution in [0.1, 0.15) is 23.2 Å². The zero-order chi connectivity index (χ0) is 16.9. The van der Waals surface area contributed by atoms with E-state index in [1.165, 1.54) is 12.8 Å². The van der Waals surface area contributed by atoms with Crippen molar-refractivity contribution in [3.63, 3.8) is 0 Å². The summed E-state index contributed by atoms with van der Waals surface area (Å²) in [6.07, 6.45) is 4.10. The summed E-state index contributed by atoms with van der Waals surface area (Å²) in [6.45, 7) is 2.09. The molecule has 24 heavy (non-hydrogen) atoms. The molecule has 1 saturated heterocycles. The Morgan fingerprint density at radius 1 is 1.08 bits per heavy atom. The topological polar surface area (TPSA) is 63.7 Å². The highest BCUT2D eigenvalue weighted by Gasteiger charge is 2.14. The molecule has 0 atom stereocenters. The van der Waals surface area contributed by atoms with Gasteiger partial charge in [-0.05, 0) is 43.2 Å². The van der Waals surface area contributed by atoms with E-state index in [1.807, 2.05) is 12.1 Å². The molecule has 1 amide bonds. The number of amides is 1. The zero-order valence-electron chi connectivity index (χ0n) is 13.9. The van der Waals surface area contributed by atoms with Crippen molar-refractivity contribution in [2.24, 2.45) is 0 Å². The maximum Gasteiger partial charge on any atom is 0.255 e. The van der Waals surface area contributed by atoms with E-state index in [9.17, 15) is 4.79 Å². The maximum atomic E-state index is 12.4. The molecule has 0 unspecified atom stereocenters. The fourth-order valence-electron chi connectivity index (χ4n) is 2.77. The van der Waals surface area contributed by atoms with Crippen molar-refractivity contribution in [3.8, 4) is 11.5 Å². The molecular formula is C18H21N3O3. The van der Waals surface area contributed by atoms with Crippen LogP contribution in [0.5, 0.6) is 11.5 Å². The lowest BCUT2D eigenvalue weighted by Gasteiger charge is -2.16. The molecule has 0 radical (unpaired) electrons. The Balaban J connectivity index is 1.70. The van der Waals surface area contributed by atoms with Crippen LogP contribution >= 0.6 is 0 Å². The van der Waals surface area contributed by atoms with Crippen LogP contribution in [0.3, 0.4) is 0 Å². The smallest absolute Gasteiger partial charge is 0.255 e. The number of pyridine rings is 1. The Labute approximate surface area is 141 Å². The van der Waals surface area contributed by atoms with Gasteiger partial charge >= 0.3 is 0 Å². The van der Waals surface area contributed by atoms with Crippen LogP contribution in [0.2, 0.25) is 0 Å². The number of ether oxygens (including phenoxy) is 2. The lowest BCUT2D eigenvalue weighted by Crippen LogP contribution is -2.19. The van der Waals surface area contributed by atoms with Gasteiger partial charge in [-0.1, -0.05) is 0 Å². The van der Waals surface area contributed by atoms with Crippen LogP contribution in [-0.4, -0.2) is 38.2 Å². The van der Waals surface area contributed by atoms with E-state index >= 15 is 0 Å². The van der Waals surface area contributed by atoms with Crippen LogP contribution in [0.25, 0.3) is 0 Å². The molecule has 1 aliphatic heterocycles. The van der Waals surface area contributed by atoms with Gasteiger partial charge in [0.1, 0.15) is 5.82 Å². The van der Waals surface area contributed by atoms with Gasteiger partial charge in [-0.3, -0.25) is 4.79 Å². The van der Waals surface area contributed by atoms with Crippen LogP contribution < -0.4 is 19.7 Å². The molecule has 126 valence electrons. The van der Waals surface area contributed by atoms with Crippen molar-refractivity contribution in [2.75, 3.05) is 37.5 Å². The van der Waals surface area contributed by atoms with E-state index in [4.69, 9.17) is 9.47 Å². The average molecular weight is 327 g/mol. The summed E-state index contributed by atoms with van der Waals surface area (Å²) in [5.74, 6) is 1.85. The quantitative estimate of drug-likeness (QED) is 0.915. The molecule has 6 nitrogen and oxygen atoms in total. The highest BCUT2D eigenvalue weighted by Crippen LogP contribution is 2.28. The number of carbonyl (C=O) groups is 1. The van der Waals surface area contributed by atoms with Gasteiger partial charge in [-0.25, -0.2) is 4.98 Å². The molecule has 1 aromatic heterocycles. The van der Waals surface area contributed by atoms with Gasteiger partial charge in [-0.2, -0.15) is 0 Å². The van der Waals surface area contributed by atoms with Crippen molar-refractivity contribution >= 4 is 17.4 Å². The highest BCUT2D eigenvalue weighted by atomic mass is 16.5. The second kappa shape index (κ2) is 7.21. The van der Waals surface area contributed by atoms with Gasteiger partial charge in [0.15, 0.2) is 11.5 Å².